The lowest BCUT2D eigenvalue weighted by Crippen LogP contribution is -2.31. The van der Waals surface area contributed by atoms with Crippen LogP contribution in [0.25, 0.3) is 0 Å². The van der Waals surface area contributed by atoms with Crippen LogP contribution in [0.5, 0.6) is 0 Å². The van der Waals surface area contributed by atoms with Gasteiger partial charge < -0.3 is 5.73 Å². The van der Waals surface area contributed by atoms with E-state index in [2.05, 4.69) is 24.1 Å². The Labute approximate surface area is 109 Å². The van der Waals surface area contributed by atoms with Crippen molar-refractivity contribution in [3.05, 3.63) is 35.4 Å². The van der Waals surface area contributed by atoms with Crippen LogP contribution in [0.1, 0.15) is 42.7 Å². The van der Waals surface area contributed by atoms with E-state index in [0.717, 1.165) is 19.3 Å². The molecule has 2 atom stereocenters. The van der Waals surface area contributed by atoms with E-state index in [0.29, 0.717) is 18.8 Å². The quantitative estimate of drug-likeness (QED) is 0.823. The number of aryl methyl sites for hydroxylation is 1. The Bertz CT molecular complexity index is 472. The second-order valence-electron chi connectivity index (χ2n) is 4.97. The zero-order chi connectivity index (χ0) is 13.0. The first-order valence-electron chi connectivity index (χ1n) is 6.52. The van der Waals surface area contributed by atoms with Crippen LogP contribution >= 0.6 is 0 Å². The molecule has 2 N–H and O–H groups in total. The topological polar surface area (TPSA) is 43.1 Å². The normalized spacial score (nSPS) is 19.7. The minimum Gasteiger partial charge on any atom is -0.321 e. The van der Waals surface area contributed by atoms with Crippen LogP contribution in [0, 0.1) is 12.3 Å². The summed E-state index contributed by atoms with van der Waals surface area (Å²) >= 11 is 0. The SMILES string of the molecule is C#CCC(N)C(=O)CC1CCCc2ccccc21. The van der Waals surface area contributed by atoms with Crippen molar-refractivity contribution >= 4 is 5.78 Å². The minimum absolute atomic E-state index is 0.0923. The van der Waals surface area contributed by atoms with E-state index in [4.69, 9.17) is 12.2 Å². The second-order valence-corrected chi connectivity index (χ2v) is 4.97. The van der Waals surface area contributed by atoms with Gasteiger partial charge in [-0.2, -0.15) is 0 Å². The van der Waals surface area contributed by atoms with Crippen molar-refractivity contribution in [2.75, 3.05) is 0 Å². The highest BCUT2D eigenvalue weighted by atomic mass is 16.1. The Morgan fingerprint density at radius 2 is 2.28 bits per heavy atom. The van der Waals surface area contributed by atoms with Gasteiger partial charge in [-0.1, -0.05) is 24.3 Å². The Kier molecular flexibility index (Phi) is 4.17. The number of benzene rings is 1. The first kappa shape index (κ1) is 12.9. The first-order chi connectivity index (χ1) is 8.72. The molecule has 2 heteroatoms. The third kappa shape index (κ3) is 2.80. The smallest absolute Gasteiger partial charge is 0.151 e. The average molecular weight is 241 g/mol. The molecule has 94 valence electrons. The molecule has 0 aromatic heterocycles. The van der Waals surface area contributed by atoms with E-state index in [-0.39, 0.29) is 5.78 Å². The van der Waals surface area contributed by atoms with Gasteiger partial charge in [-0.05, 0) is 36.3 Å². The zero-order valence-electron chi connectivity index (χ0n) is 10.6. The minimum atomic E-state index is -0.496. The molecule has 0 saturated heterocycles. The van der Waals surface area contributed by atoms with Gasteiger partial charge in [0.2, 0.25) is 0 Å². The molecule has 2 unspecified atom stereocenters. The largest absolute Gasteiger partial charge is 0.321 e. The molecule has 0 aliphatic heterocycles. The standard InChI is InChI=1S/C16H19NO/c1-2-6-15(17)16(18)11-13-9-5-8-12-7-3-4-10-14(12)13/h1,3-4,7,10,13,15H,5-6,8-9,11,17H2. The van der Waals surface area contributed by atoms with Gasteiger partial charge in [0.25, 0.3) is 0 Å². The maximum atomic E-state index is 12.0. The maximum Gasteiger partial charge on any atom is 0.151 e. The molecule has 2 nitrogen and oxygen atoms in total. The molecule has 1 aromatic rings. The van der Waals surface area contributed by atoms with Crippen LogP contribution in [0.3, 0.4) is 0 Å². The number of carbonyl (C=O) groups excluding carboxylic acids is 1. The lowest BCUT2D eigenvalue weighted by Gasteiger charge is -2.25. The van der Waals surface area contributed by atoms with Crippen LogP contribution < -0.4 is 5.73 Å². The van der Waals surface area contributed by atoms with Crippen LogP contribution in [0.15, 0.2) is 24.3 Å². The van der Waals surface area contributed by atoms with Gasteiger partial charge >= 0.3 is 0 Å². The van der Waals surface area contributed by atoms with Gasteiger partial charge in [-0.25, -0.2) is 0 Å². The number of Topliss-reactive ketones (excluding diaryl/α,β-unsaturated/α-hetero) is 1. The number of hydrogen-bond donors (Lipinski definition) is 1. The Morgan fingerprint density at radius 1 is 1.50 bits per heavy atom. The Morgan fingerprint density at radius 3 is 3.06 bits per heavy atom. The molecule has 1 aromatic carbocycles. The van der Waals surface area contributed by atoms with Crippen molar-refractivity contribution < 1.29 is 4.79 Å². The molecule has 0 spiro atoms. The summed E-state index contributed by atoms with van der Waals surface area (Å²) in [6, 6.07) is 7.91. The Balaban J connectivity index is 2.08. The number of ketones is 1. The Hall–Kier alpha value is -1.59. The summed E-state index contributed by atoms with van der Waals surface area (Å²) in [5.41, 5.74) is 8.48. The summed E-state index contributed by atoms with van der Waals surface area (Å²) in [7, 11) is 0. The van der Waals surface area contributed by atoms with Crippen LogP contribution in [-0.2, 0) is 11.2 Å². The van der Waals surface area contributed by atoms with Crippen LogP contribution in [-0.4, -0.2) is 11.8 Å². The molecular formula is C16H19NO. The second kappa shape index (κ2) is 5.84. The fourth-order valence-corrected chi connectivity index (χ4v) is 2.70. The van der Waals surface area contributed by atoms with Gasteiger partial charge in [0.15, 0.2) is 5.78 Å². The lowest BCUT2D eigenvalue weighted by atomic mass is 9.79. The number of rotatable bonds is 4. The number of nitrogens with two attached hydrogens (primary N) is 1. The van der Waals surface area contributed by atoms with E-state index in [1.807, 2.05) is 6.07 Å². The van der Waals surface area contributed by atoms with E-state index in [1.165, 1.54) is 11.1 Å². The van der Waals surface area contributed by atoms with Gasteiger partial charge in [-0.15, -0.1) is 12.3 Å². The van der Waals surface area contributed by atoms with Crippen molar-refractivity contribution in [2.24, 2.45) is 5.73 Å². The molecule has 0 radical (unpaired) electrons. The molecule has 0 fully saturated rings. The summed E-state index contributed by atoms with van der Waals surface area (Å²) in [6.07, 6.45) is 9.41. The highest BCUT2D eigenvalue weighted by molar-refractivity contribution is 5.84. The number of hydrogen-bond acceptors (Lipinski definition) is 2. The molecule has 0 heterocycles. The van der Waals surface area contributed by atoms with Crippen molar-refractivity contribution in [1.82, 2.24) is 0 Å². The van der Waals surface area contributed by atoms with Gasteiger partial charge in [0.05, 0.1) is 6.04 Å². The third-order valence-electron chi connectivity index (χ3n) is 3.69. The monoisotopic (exact) mass is 241 g/mol. The molecule has 0 bridgehead atoms. The molecule has 1 aliphatic carbocycles. The fraction of sp³-hybridized carbons (Fsp3) is 0.438. The number of fused-ring (bicyclic) bond motifs is 1. The fourth-order valence-electron chi connectivity index (χ4n) is 2.70. The summed E-state index contributed by atoms with van der Waals surface area (Å²) in [6.45, 7) is 0. The average Bonchev–Trinajstić information content (AvgIpc) is 2.39. The zero-order valence-corrected chi connectivity index (χ0v) is 10.6. The summed E-state index contributed by atoms with van der Waals surface area (Å²) < 4.78 is 0. The molecule has 0 saturated carbocycles. The van der Waals surface area contributed by atoms with E-state index >= 15 is 0 Å². The number of carbonyl (C=O) groups is 1. The first-order valence-corrected chi connectivity index (χ1v) is 6.52. The third-order valence-corrected chi connectivity index (χ3v) is 3.69. The van der Waals surface area contributed by atoms with Crippen molar-refractivity contribution in [1.29, 1.82) is 0 Å². The lowest BCUT2D eigenvalue weighted by molar-refractivity contribution is -0.120. The van der Waals surface area contributed by atoms with Gasteiger partial charge in [0, 0.05) is 12.8 Å². The van der Waals surface area contributed by atoms with Crippen LogP contribution in [0.4, 0.5) is 0 Å². The van der Waals surface area contributed by atoms with E-state index in [9.17, 15) is 4.79 Å². The molecule has 2 rings (SSSR count). The predicted octanol–water partition coefficient (Wildman–Crippen LogP) is 2.42. The van der Waals surface area contributed by atoms with Crippen molar-refractivity contribution in [3.8, 4) is 12.3 Å². The summed E-state index contributed by atoms with van der Waals surface area (Å²) in [5.74, 6) is 2.88. The van der Waals surface area contributed by atoms with Crippen molar-refractivity contribution in [3.63, 3.8) is 0 Å². The van der Waals surface area contributed by atoms with E-state index in [1.54, 1.807) is 0 Å². The molecule has 1 aliphatic rings. The van der Waals surface area contributed by atoms with Crippen molar-refractivity contribution in [2.45, 2.75) is 44.1 Å². The highest BCUT2D eigenvalue weighted by Gasteiger charge is 2.24. The van der Waals surface area contributed by atoms with Gasteiger partial charge in [-0.3, -0.25) is 4.79 Å². The van der Waals surface area contributed by atoms with Crippen LogP contribution in [0.2, 0.25) is 0 Å². The van der Waals surface area contributed by atoms with Gasteiger partial charge in [0.1, 0.15) is 0 Å². The molecule has 18 heavy (non-hydrogen) atoms. The summed E-state index contributed by atoms with van der Waals surface area (Å²) in [4.78, 5) is 12.0. The maximum absolute atomic E-state index is 12.0. The highest BCUT2D eigenvalue weighted by Crippen LogP contribution is 2.34. The van der Waals surface area contributed by atoms with E-state index < -0.39 is 6.04 Å². The molecular weight excluding hydrogens is 222 g/mol. The predicted molar refractivity (Wildman–Crippen MR) is 73.2 cm³/mol. The summed E-state index contributed by atoms with van der Waals surface area (Å²) in [5, 5.41) is 0. The molecule has 0 amide bonds. The number of terminal acetylenes is 1.